The van der Waals surface area contributed by atoms with Crippen LogP contribution in [0.1, 0.15) is 25.0 Å². The van der Waals surface area contributed by atoms with E-state index in [0.29, 0.717) is 13.2 Å². The first kappa shape index (κ1) is 16.7. The Hall–Kier alpha value is -0.690. The maximum Gasteiger partial charge on any atom is 0.243 e. The number of benzene rings is 1. The van der Waals surface area contributed by atoms with E-state index in [1.165, 1.54) is 23.4 Å². The summed E-state index contributed by atoms with van der Waals surface area (Å²) in [5.41, 5.74) is -0.167. The normalized spacial score (nSPS) is 19.7. The summed E-state index contributed by atoms with van der Waals surface area (Å²) in [7, 11) is -3.71. The number of halogens is 2. The third-order valence-corrected chi connectivity index (χ3v) is 5.98. The number of alkyl halides is 1. The summed E-state index contributed by atoms with van der Waals surface area (Å²) in [5.74, 6) is -0.520. The van der Waals surface area contributed by atoms with Gasteiger partial charge in [0, 0.05) is 12.1 Å². The number of ether oxygens (including phenoxy) is 1. The third kappa shape index (κ3) is 3.08. The molecule has 21 heavy (non-hydrogen) atoms. The van der Waals surface area contributed by atoms with E-state index in [1.807, 2.05) is 13.8 Å². The van der Waals surface area contributed by atoms with Crippen molar-refractivity contribution < 1.29 is 17.5 Å². The van der Waals surface area contributed by atoms with Gasteiger partial charge in [0.25, 0.3) is 0 Å². The fourth-order valence-electron chi connectivity index (χ4n) is 2.47. The molecule has 0 unspecified atom stereocenters. The molecule has 118 valence electrons. The molecule has 0 amide bonds. The molecular formula is C14H19ClFNO3S. The van der Waals surface area contributed by atoms with Gasteiger partial charge in [0.1, 0.15) is 5.82 Å². The highest BCUT2D eigenvalue weighted by Crippen LogP contribution is 2.29. The van der Waals surface area contributed by atoms with E-state index in [-0.39, 0.29) is 28.4 Å². The van der Waals surface area contributed by atoms with Crippen LogP contribution in [0.25, 0.3) is 0 Å². The Morgan fingerprint density at radius 2 is 2.10 bits per heavy atom. The predicted octanol–water partition coefficient (Wildman–Crippen LogP) is 2.67. The number of sulfonamides is 1. The molecule has 2 rings (SSSR count). The van der Waals surface area contributed by atoms with Crippen LogP contribution in [0, 0.1) is 12.7 Å². The predicted molar refractivity (Wildman–Crippen MR) is 79.5 cm³/mol. The zero-order valence-electron chi connectivity index (χ0n) is 12.3. The van der Waals surface area contributed by atoms with Crippen molar-refractivity contribution >= 4 is 21.6 Å². The average Bonchev–Trinajstić information content (AvgIpc) is 2.40. The number of morpholine rings is 1. The van der Waals surface area contributed by atoms with Crippen LogP contribution >= 0.6 is 11.6 Å². The van der Waals surface area contributed by atoms with Crippen LogP contribution < -0.4 is 0 Å². The number of hydrogen-bond donors (Lipinski definition) is 0. The van der Waals surface area contributed by atoms with Gasteiger partial charge in [-0.05, 0) is 38.5 Å². The molecule has 0 spiro atoms. The smallest absolute Gasteiger partial charge is 0.243 e. The van der Waals surface area contributed by atoms with E-state index >= 15 is 0 Å². The highest BCUT2D eigenvalue weighted by molar-refractivity contribution is 7.89. The molecule has 1 saturated heterocycles. The van der Waals surface area contributed by atoms with Crippen molar-refractivity contribution in [3.63, 3.8) is 0 Å². The summed E-state index contributed by atoms with van der Waals surface area (Å²) in [4.78, 5) is 0.0759. The van der Waals surface area contributed by atoms with Crippen molar-refractivity contribution in [2.75, 3.05) is 19.8 Å². The van der Waals surface area contributed by atoms with E-state index in [0.717, 1.165) is 0 Å². The summed E-state index contributed by atoms with van der Waals surface area (Å²) in [6, 6.07) is 2.67. The van der Waals surface area contributed by atoms with Gasteiger partial charge >= 0.3 is 0 Å². The lowest BCUT2D eigenvalue weighted by Gasteiger charge is -2.40. The van der Waals surface area contributed by atoms with Crippen molar-refractivity contribution in [3.05, 3.63) is 29.1 Å². The van der Waals surface area contributed by atoms with Crippen LogP contribution in [0.15, 0.2) is 17.0 Å². The third-order valence-electron chi connectivity index (χ3n) is 3.60. The van der Waals surface area contributed by atoms with Crippen LogP contribution in [-0.4, -0.2) is 38.0 Å². The molecule has 0 aromatic heterocycles. The molecule has 4 nitrogen and oxygen atoms in total. The fraction of sp³-hybridized carbons (Fsp3) is 0.571. The minimum atomic E-state index is -3.71. The van der Waals surface area contributed by atoms with E-state index in [2.05, 4.69) is 0 Å². The van der Waals surface area contributed by atoms with Crippen LogP contribution in [-0.2, 0) is 20.6 Å². The first-order chi connectivity index (χ1) is 9.70. The quantitative estimate of drug-likeness (QED) is 0.798. The van der Waals surface area contributed by atoms with Gasteiger partial charge in [-0.1, -0.05) is 0 Å². The average molecular weight is 336 g/mol. The lowest BCUT2D eigenvalue weighted by Crippen LogP contribution is -2.55. The largest absolute Gasteiger partial charge is 0.378 e. The summed E-state index contributed by atoms with van der Waals surface area (Å²) in [6.45, 7) is 6.11. The molecule has 0 bridgehead atoms. The number of rotatable bonds is 3. The lowest BCUT2D eigenvalue weighted by molar-refractivity contribution is -0.00771. The minimum absolute atomic E-state index is 0.0669. The Kier molecular flexibility index (Phi) is 4.63. The van der Waals surface area contributed by atoms with Gasteiger partial charge in [-0.15, -0.1) is 11.6 Å². The van der Waals surface area contributed by atoms with Gasteiger partial charge < -0.3 is 4.74 Å². The van der Waals surface area contributed by atoms with Gasteiger partial charge in [-0.25, -0.2) is 12.8 Å². The minimum Gasteiger partial charge on any atom is -0.378 e. The van der Waals surface area contributed by atoms with Crippen molar-refractivity contribution in [1.29, 1.82) is 0 Å². The van der Waals surface area contributed by atoms with Crippen molar-refractivity contribution in [1.82, 2.24) is 4.31 Å². The number of nitrogens with zero attached hydrogens (tertiary/aromatic N) is 1. The van der Waals surface area contributed by atoms with E-state index < -0.39 is 21.4 Å². The summed E-state index contributed by atoms with van der Waals surface area (Å²) >= 11 is 5.70. The Morgan fingerprint density at radius 1 is 1.43 bits per heavy atom. The summed E-state index contributed by atoms with van der Waals surface area (Å²) in [6.07, 6.45) is 0. The van der Waals surface area contributed by atoms with E-state index in [1.54, 1.807) is 0 Å². The van der Waals surface area contributed by atoms with Crippen LogP contribution in [0.5, 0.6) is 0 Å². The highest BCUT2D eigenvalue weighted by atomic mass is 35.5. The van der Waals surface area contributed by atoms with Gasteiger partial charge in [0.05, 0.1) is 29.5 Å². The molecular weight excluding hydrogens is 317 g/mol. The maximum absolute atomic E-state index is 13.9. The molecule has 7 heteroatoms. The molecule has 0 atom stereocenters. The molecule has 1 aliphatic rings. The van der Waals surface area contributed by atoms with Crippen molar-refractivity contribution in [2.45, 2.75) is 37.1 Å². The zero-order chi connectivity index (χ0) is 15.8. The Labute approximate surface area is 129 Å². The standard InChI is InChI=1S/C14H19ClFNO3S/c1-10-6-12(7-11(8-15)13(10)16)21(18,19)17-4-5-20-9-14(17,2)3/h6-7H,4-5,8-9H2,1-3H3. The van der Waals surface area contributed by atoms with Gasteiger partial charge in [0.2, 0.25) is 10.0 Å². The molecule has 0 N–H and O–H groups in total. The molecule has 1 fully saturated rings. The Balaban J connectivity index is 2.51. The molecule has 1 aromatic carbocycles. The molecule has 1 aromatic rings. The van der Waals surface area contributed by atoms with E-state index in [4.69, 9.17) is 16.3 Å². The second-order valence-corrected chi connectivity index (χ2v) is 7.92. The first-order valence-corrected chi connectivity index (χ1v) is 8.63. The first-order valence-electron chi connectivity index (χ1n) is 6.66. The van der Waals surface area contributed by atoms with Crippen molar-refractivity contribution in [2.24, 2.45) is 0 Å². The van der Waals surface area contributed by atoms with E-state index in [9.17, 15) is 12.8 Å². The monoisotopic (exact) mass is 335 g/mol. The summed E-state index contributed by atoms with van der Waals surface area (Å²) < 4.78 is 46.3. The molecule has 1 heterocycles. The second-order valence-electron chi connectivity index (χ2n) is 5.79. The second kappa shape index (κ2) is 5.83. The summed E-state index contributed by atoms with van der Waals surface area (Å²) in [5, 5.41) is 0. The fourth-order valence-corrected chi connectivity index (χ4v) is 4.55. The zero-order valence-corrected chi connectivity index (χ0v) is 13.9. The van der Waals surface area contributed by atoms with Crippen LogP contribution in [0.4, 0.5) is 4.39 Å². The Morgan fingerprint density at radius 3 is 2.67 bits per heavy atom. The van der Waals surface area contributed by atoms with Crippen LogP contribution in [0.3, 0.4) is 0 Å². The van der Waals surface area contributed by atoms with Crippen LogP contribution in [0.2, 0.25) is 0 Å². The number of hydrogen-bond acceptors (Lipinski definition) is 3. The number of aryl methyl sites for hydroxylation is 1. The highest BCUT2D eigenvalue weighted by Gasteiger charge is 2.40. The molecule has 0 aliphatic carbocycles. The maximum atomic E-state index is 13.9. The molecule has 1 aliphatic heterocycles. The SMILES string of the molecule is Cc1cc(S(=O)(=O)N2CCOCC2(C)C)cc(CCl)c1F. The lowest BCUT2D eigenvalue weighted by atomic mass is 10.1. The molecule has 0 saturated carbocycles. The van der Waals surface area contributed by atoms with Gasteiger partial charge in [0.15, 0.2) is 0 Å². The molecule has 0 radical (unpaired) electrons. The van der Waals surface area contributed by atoms with Crippen molar-refractivity contribution in [3.8, 4) is 0 Å². The Bertz CT molecular complexity index is 646. The van der Waals surface area contributed by atoms with Gasteiger partial charge in [-0.2, -0.15) is 4.31 Å². The topological polar surface area (TPSA) is 46.6 Å². The van der Waals surface area contributed by atoms with Gasteiger partial charge in [-0.3, -0.25) is 0 Å².